The van der Waals surface area contributed by atoms with E-state index in [4.69, 9.17) is 5.73 Å². The summed E-state index contributed by atoms with van der Waals surface area (Å²) in [5.41, 5.74) is 10.8. The molecule has 0 fully saturated rings. The molecule has 1 aliphatic carbocycles. The van der Waals surface area contributed by atoms with Crippen molar-refractivity contribution in [3.8, 4) is 0 Å². The molecule has 0 unspecified atom stereocenters. The SMILES string of the molecule is CN(CCS(C)(=O)=O)C(C)(C)c1ccc(N)c(C2=CCC(C)(C)CC2)c1. The Balaban J connectivity index is 2.29. The topological polar surface area (TPSA) is 63.4 Å². The molecule has 0 amide bonds. The summed E-state index contributed by atoms with van der Waals surface area (Å²) in [5, 5.41) is 0. The first-order valence-corrected chi connectivity index (χ1v) is 11.4. The van der Waals surface area contributed by atoms with E-state index < -0.39 is 9.84 Å². The van der Waals surface area contributed by atoms with Crippen LogP contribution in [0, 0.1) is 5.41 Å². The van der Waals surface area contributed by atoms with Crippen molar-refractivity contribution in [3.05, 3.63) is 35.4 Å². The highest BCUT2D eigenvalue weighted by Crippen LogP contribution is 2.40. The lowest BCUT2D eigenvalue weighted by Gasteiger charge is -2.37. The molecule has 26 heavy (non-hydrogen) atoms. The minimum absolute atomic E-state index is 0.162. The third-order valence-electron chi connectivity index (χ3n) is 5.83. The van der Waals surface area contributed by atoms with E-state index >= 15 is 0 Å². The predicted molar refractivity (Wildman–Crippen MR) is 112 cm³/mol. The number of sulfone groups is 1. The molecule has 4 nitrogen and oxygen atoms in total. The Hall–Kier alpha value is -1.33. The van der Waals surface area contributed by atoms with Crippen molar-refractivity contribution in [3.63, 3.8) is 0 Å². The molecule has 2 rings (SSSR count). The predicted octanol–water partition coefficient (Wildman–Crippen LogP) is 4.07. The number of rotatable bonds is 6. The summed E-state index contributed by atoms with van der Waals surface area (Å²) < 4.78 is 23.0. The summed E-state index contributed by atoms with van der Waals surface area (Å²) >= 11 is 0. The van der Waals surface area contributed by atoms with E-state index in [9.17, 15) is 8.42 Å². The summed E-state index contributed by atoms with van der Waals surface area (Å²) in [6.45, 7) is 9.37. The average Bonchev–Trinajstić information content (AvgIpc) is 2.52. The number of nitrogens with zero attached hydrogens (tertiary/aromatic N) is 1. The molecule has 0 aliphatic heterocycles. The van der Waals surface area contributed by atoms with Gasteiger partial charge in [0.05, 0.1) is 5.75 Å². The highest BCUT2D eigenvalue weighted by molar-refractivity contribution is 7.90. The molecular weight excluding hydrogens is 344 g/mol. The van der Waals surface area contributed by atoms with Crippen LogP contribution < -0.4 is 5.73 Å². The average molecular weight is 379 g/mol. The van der Waals surface area contributed by atoms with E-state index in [0.717, 1.165) is 29.7 Å². The fourth-order valence-electron chi connectivity index (χ4n) is 3.34. The molecule has 0 radical (unpaired) electrons. The molecule has 146 valence electrons. The van der Waals surface area contributed by atoms with Gasteiger partial charge in [-0.15, -0.1) is 0 Å². The van der Waals surface area contributed by atoms with E-state index in [-0.39, 0.29) is 11.3 Å². The first-order chi connectivity index (χ1) is 11.8. The maximum atomic E-state index is 11.5. The first kappa shape index (κ1) is 21.0. The Morgan fingerprint density at radius 2 is 1.92 bits per heavy atom. The van der Waals surface area contributed by atoms with Crippen molar-refractivity contribution in [2.45, 2.75) is 52.5 Å². The Bertz CT molecular complexity index is 792. The van der Waals surface area contributed by atoms with Gasteiger partial charge in [0.25, 0.3) is 0 Å². The smallest absolute Gasteiger partial charge is 0.148 e. The number of nitrogens with two attached hydrogens (primary N) is 1. The van der Waals surface area contributed by atoms with Crippen molar-refractivity contribution < 1.29 is 8.42 Å². The van der Waals surface area contributed by atoms with Crippen LogP contribution in [0.1, 0.15) is 58.1 Å². The molecule has 1 aromatic carbocycles. The maximum Gasteiger partial charge on any atom is 0.148 e. The number of nitrogen functional groups attached to an aromatic ring is 1. The van der Waals surface area contributed by atoms with Gasteiger partial charge in [0.2, 0.25) is 0 Å². The van der Waals surface area contributed by atoms with Crippen LogP contribution >= 0.6 is 0 Å². The maximum absolute atomic E-state index is 11.5. The number of allylic oxidation sites excluding steroid dienone is 2. The van der Waals surface area contributed by atoms with Gasteiger partial charge < -0.3 is 5.73 Å². The monoisotopic (exact) mass is 378 g/mol. The van der Waals surface area contributed by atoms with E-state index in [1.54, 1.807) is 0 Å². The highest BCUT2D eigenvalue weighted by Gasteiger charge is 2.28. The van der Waals surface area contributed by atoms with Gasteiger partial charge in [0.15, 0.2) is 0 Å². The fraction of sp³-hybridized carbons (Fsp3) is 0.619. The Morgan fingerprint density at radius 3 is 2.46 bits per heavy atom. The zero-order valence-electron chi connectivity index (χ0n) is 17.1. The van der Waals surface area contributed by atoms with Gasteiger partial charge in [0, 0.05) is 29.6 Å². The number of benzene rings is 1. The first-order valence-electron chi connectivity index (χ1n) is 9.30. The summed E-state index contributed by atoms with van der Waals surface area (Å²) in [6, 6.07) is 6.23. The molecule has 5 heteroatoms. The van der Waals surface area contributed by atoms with Crippen LogP contribution in [-0.2, 0) is 15.4 Å². The third kappa shape index (κ3) is 5.10. The number of hydrogen-bond acceptors (Lipinski definition) is 4. The molecule has 2 N–H and O–H groups in total. The van der Waals surface area contributed by atoms with Crippen molar-refractivity contribution in [2.24, 2.45) is 5.41 Å². The molecule has 0 bridgehead atoms. The molecule has 1 aliphatic rings. The van der Waals surface area contributed by atoms with Crippen molar-refractivity contribution in [2.75, 3.05) is 31.3 Å². The Morgan fingerprint density at radius 1 is 1.27 bits per heavy atom. The second-order valence-electron chi connectivity index (χ2n) is 9.01. The van der Waals surface area contributed by atoms with E-state index in [2.05, 4.69) is 50.8 Å². The van der Waals surface area contributed by atoms with Crippen LogP contribution in [0.15, 0.2) is 24.3 Å². The van der Waals surface area contributed by atoms with Crippen LogP contribution in [0.5, 0.6) is 0 Å². The van der Waals surface area contributed by atoms with Crippen LogP contribution in [0.2, 0.25) is 0 Å². The van der Waals surface area contributed by atoms with Gasteiger partial charge in [0.1, 0.15) is 9.84 Å². The van der Waals surface area contributed by atoms with Crippen molar-refractivity contribution in [1.29, 1.82) is 0 Å². The van der Waals surface area contributed by atoms with E-state index in [1.807, 2.05) is 13.1 Å². The van der Waals surface area contributed by atoms with Gasteiger partial charge in [-0.05, 0) is 68.8 Å². The fourth-order valence-corrected chi connectivity index (χ4v) is 3.94. The lowest BCUT2D eigenvalue weighted by molar-refractivity contribution is 0.166. The second kappa shape index (κ2) is 7.35. The van der Waals surface area contributed by atoms with Crippen LogP contribution in [0.25, 0.3) is 5.57 Å². The summed E-state index contributed by atoms with van der Waals surface area (Å²) in [5.74, 6) is 0.162. The van der Waals surface area contributed by atoms with Crippen LogP contribution in [0.4, 0.5) is 5.69 Å². The molecule has 0 aromatic heterocycles. The van der Waals surface area contributed by atoms with Crippen molar-refractivity contribution in [1.82, 2.24) is 4.90 Å². The zero-order chi connectivity index (χ0) is 19.8. The number of hydrogen-bond donors (Lipinski definition) is 1. The molecule has 0 saturated carbocycles. The third-order valence-corrected chi connectivity index (χ3v) is 6.75. The van der Waals surface area contributed by atoms with E-state index in [0.29, 0.717) is 12.0 Å². The van der Waals surface area contributed by atoms with Gasteiger partial charge in [-0.2, -0.15) is 0 Å². The lowest BCUT2D eigenvalue weighted by Crippen LogP contribution is -2.41. The van der Waals surface area contributed by atoms with Gasteiger partial charge in [-0.3, -0.25) is 4.90 Å². The Kier molecular flexibility index (Phi) is 5.93. The van der Waals surface area contributed by atoms with Crippen molar-refractivity contribution >= 4 is 21.1 Å². The van der Waals surface area contributed by atoms with Crippen LogP contribution in [-0.4, -0.2) is 38.9 Å². The molecule has 1 aromatic rings. The van der Waals surface area contributed by atoms with E-state index in [1.165, 1.54) is 18.2 Å². The minimum atomic E-state index is -2.98. The second-order valence-corrected chi connectivity index (χ2v) is 11.3. The minimum Gasteiger partial charge on any atom is -0.398 e. The summed E-state index contributed by atoms with van der Waals surface area (Å²) in [4.78, 5) is 2.10. The standard InChI is InChI=1S/C21H34N2O2S/c1-20(2)11-9-16(10-12-20)18-15-17(7-8-19(18)22)21(3,4)23(5)13-14-26(6,24)25/h7-9,15H,10-14,22H2,1-6H3. The van der Waals surface area contributed by atoms with Gasteiger partial charge in [-0.25, -0.2) is 8.42 Å². The number of anilines is 1. The van der Waals surface area contributed by atoms with Crippen LogP contribution in [0.3, 0.4) is 0 Å². The molecule has 0 heterocycles. The molecule has 0 atom stereocenters. The quantitative estimate of drug-likeness (QED) is 0.758. The van der Waals surface area contributed by atoms with Gasteiger partial charge in [-0.1, -0.05) is 26.0 Å². The van der Waals surface area contributed by atoms with Gasteiger partial charge >= 0.3 is 0 Å². The normalized spacial score (nSPS) is 18.0. The summed E-state index contributed by atoms with van der Waals surface area (Å²) in [7, 11) is -1.000. The molecule has 0 spiro atoms. The highest BCUT2D eigenvalue weighted by atomic mass is 32.2. The molecular formula is C21H34N2O2S. The lowest BCUT2D eigenvalue weighted by atomic mass is 9.76. The molecule has 0 saturated heterocycles. The summed E-state index contributed by atoms with van der Waals surface area (Å²) in [6.07, 6.45) is 6.90. The zero-order valence-corrected chi connectivity index (χ0v) is 17.9. The largest absolute Gasteiger partial charge is 0.398 e. The Labute approximate surface area is 159 Å².